The second kappa shape index (κ2) is 11.0. The number of nitrogens with zero attached hydrogens (tertiary/aromatic N) is 3. The van der Waals surface area contributed by atoms with Crippen molar-refractivity contribution in [1.29, 1.82) is 5.26 Å². The van der Waals surface area contributed by atoms with Crippen molar-refractivity contribution in [3.8, 4) is 6.07 Å². The van der Waals surface area contributed by atoms with Gasteiger partial charge in [0.1, 0.15) is 18.4 Å². The number of halogens is 1. The van der Waals surface area contributed by atoms with Crippen LogP contribution in [0.5, 0.6) is 0 Å². The normalized spacial score (nSPS) is 10.6. The third kappa shape index (κ3) is 5.51. The molecule has 0 radical (unpaired) electrons. The number of rotatable bonds is 8. The van der Waals surface area contributed by atoms with E-state index in [1.54, 1.807) is 6.07 Å². The minimum atomic E-state index is -0.451. The molecule has 1 aromatic heterocycles. The highest BCUT2D eigenvalue weighted by molar-refractivity contribution is 6.34. The Hall–Kier alpha value is -4.28. The smallest absolute Gasteiger partial charge is 0.331 e. The van der Waals surface area contributed by atoms with Crippen molar-refractivity contribution < 1.29 is 4.79 Å². The Morgan fingerprint density at radius 1 is 0.972 bits per heavy atom. The third-order valence-electron chi connectivity index (χ3n) is 5.82. The van der Waals surface area contributed by atoms with Crippen molar-refractivity contribution in [3.63, 3.8) is 0 Å². The highest BCUT2D eigenvalue weighted by Crippen LogP contribution is 2.27. The summed E-state index contributed by atoms with van der Waals surface area (Å²) in [6.45, 7) is 4.11. The van der Waals surface area contributed by atoms with Gasteiger partial charge in [-0.05, 0) is 42.2 Å². The fourth-order valence-electron chi connectivity index (χ4n) is 4.12. The molecule has 2 N–H and O–H groups in total. The van der Waals surface area contributed by atoms with Gasteiger partial charge in [-0.1, -0.05) is 78.3 Å². The van der Waals surface area contributed by atoms with Gasteiger partial charge < -0.3 is 10.6 Å². The predicted molar refractivity (Wildman–Crippen MR) is 142 cm³/mol. The molecule has 0 saturated heterocycles. The number of carbonyl (C=O) groups is 1. The predicted octanol–water partition coefficient (Wildman–Crippen LogP) is 5.09. The standard InChI is InChI=1S/C28H26ClN5O2/c1-19-13-20(2)26(23(29)14-19)32-25(35)18-33-24(15-30)27(31-16-21-9-5-3-6-10-21)34(28(33)36)17-22-11-7-4-8-12-22/h3-14,31H,16-18H2,1-2H3,(H,32,35). The third-order valence-corrected chi connectivity index (χ3v) is 6.11. The van der Waals surface area contributed by atoms with Gasteiger partial charge in [-0.25, -0.2) is 4.79 Å². The number of benzene rings is 3. The van der Waals surface area contributed by atoms with Gasteiger partial charge in [-0.3, -0.25) is 13.9 Å². The highest BCUT2D eigenvalue weighted by atomic mass is 35.5. The molecule has 1 amide bonds. The maximum Gasteiger partial charge on any atom is 0.331 e. The first kappa shape index (κ1) is 24.8. The topological polar surface area (TPSA) is 91.8 Å². The van der Waals surface area contributed by atoms with Gasteiger partial charge >= 0.3 is 5.69 Å². The van der Waals surface area contributed by atoms with Crippen molar-refractivity contribution in [2.45, 2.75) is 33.5 Å². The van der Waals surface area contributed by atoms with Crippen molar-refractivity contribution in [3.05, 3.63) is 116 Å². The number of hydrogen-bond acceptors (Lipinski definition) is 4. The average molecular weight is 500 g/mol. The van der Waals surface area contributed by atoms with E-state index in [1.165, 1.54) is 9.13 Å². The Morgan fingerprint density at radius 2 is 1.61 bits per heavy atom. The van der Waals surface area contributed by atoms with Crippen LogP contribution in [0.3, 0.4) is 0 Å². The van der Waals surface area contributed by atoms with E-state index in [9.17, 15) is 14.9 Å². The lowest BCUT2D eigenvalue weighted by molar-refractivity contribution is -0.116. The second-order valence-electron chi connectivity index (χ2n) is 8.58. The van der Waals surface area contributed by atoms with Gasteiger partial charge in [0.15, 0.2) is 5.69 Å². The van der Waals surface area contributed by atoms with Crippen molar-refractivity contribution in [2.24, 2.45) is 0 Å². The number of anilines is 2. The number of imidazole rings is 1. The Bertz CT molecular complexity index is 1460. The Kier molecular flexibility index (Phi) is 7.57. The number of aromatic nitrogens is 2. The van der Waals surface area contributed by atoms with Gasteiger partial charge in [0.05, 0.1) is 17.3 Å². The van der Waals surface area contributed by atoms with Gasteiger partial charge in [-0.15, -0.1) is 0 Å². The maximum atomic E-state index is 13.5. The van der Waals surface area contributed by atoms with Crippen LogP contribution in [0.2, 0.25) is 5.02 Å². The molecule has 36 heavy (non-hydrogen) atoms. The van der Waals surface area contributed by atoms with Crippen LogP contribution in [0, 0.1) is 25.2 Å². The molecule has 3 aromatic carbocycles. The maximum absolute atomic E-state index is 13.5. The second-order valence-corrected chi connectivity index (χ2v) is 8.98. The molecule has 1 heterocycles. The first-order chi connectivity index (χ1) is 17.4. The molecule has 182 valence electrons. The van der Waals surface area contributed by atoms with Crippen LogP contribution in [0.1, 0.15) is 27.9 Å². The zero-order chi connectivity index (χ0) is 25.7. The number of nitriles is 1. The van der Waals surface area contributed by atoms with E-state index in [1.807, 2.05) is 80.6 Å². The summed E-state index contributed by atoms with van der Waals surface area (Å²) >= 11 is 6.34. The summed E-state index contributed by atoms with van der Waals surface area (Å²) in [5.74, 6) is -0.0820. The SMILES string of the molecule is Cc1cc(C)c(NC(=O)Cn2c(C#N)c(NCc3ccccc3)n(Cc3ccccc3)c2=O)c(Cl)c1. The largest absolute Gasteiger partial charge is 0.365 e. The fourth-order valence-corrected chi connectivity index (χ4v) is 4.49. The van der Waals surface area contributed by atoms with Crippen LogP contribution in [0.25, 0.3) is 0 Å². The van der Waals surface area contributed by atoms with Gasteiger partial charge in [0, 0.05) is 6.54 Å². The lowest BCUT2D eigenvalue weighted by Crippen LogP contribution is -2.30. The summed E-state index contributed by atoms with van der Waals surface area (Å²) in [5.41, 5.74) is 3.82. The summed E-state index contributed by atoms with van der Waals surface area (Å²) in [5, 5.41) is 16.5. The molecule has 0 aliphatic carbocycles. The van der Waals surface area contributed by atoms with Crippen LogP contribution in [0.4, 0.5) is 11.5 Å². The van der Waals surface area contributed by atoms with Crippen molar-refractivity contribution in [1.82, 2.24) is 9.13 Å². The molecule has 0 unspecified atom stereocenters. The van der Waals surface area contributed by atoms with Gasteiger partial charge in [0.2, 0.25) is 5.91 Å². The number of amides is 1. The lowest BCUT2D eigenvalue weighted by atomic mass is 10.1. The highest BCUT2D eigenvalue weighted by Gasteiger charge is 2.22. The van der Waals surface area contributed by atoms with Crippen LogP contribution < -0.4 is 16.3 Å². The van der Waals surface area contributed by atoms with E-state index >= 15 is 0 Å². The number of nitrogens with one attached hydrogen (secondary N) is 2. The summed E-state index contributed by atoms with van der Waals surface area (Å²) in [4.78, 5) is 26.5. The molecule has 4 rings (SSSR count). The van der Waals surface area contributed by atoms with Crippen LogP contribution in [-0.4, -0.2) is 15.0 Å². The van der Waals surface area contributed by atoms with Gasteiger partial charge in [-0.2, -0.15) is 5.26 Å². The molecule has 0 atom stereocenters. The fraction of sp³-hybridized carbons (Fsp3) is 0.179. The zero-order valence-corrected chi connectivity index (χ0v) is 20.8. The molecule has 0 fully saturated rings. The molecule has 7 nitrogen and oxygen atoms in total. The van der Waals surface area contributed by atoms with E-state index in [0.29, 0.717) is 23.1 Å². The molecule has 0 spiro atoms. The minimum Gasteiger partial charge on any atom is -0.365 e. The van der Waals surface area contributed by atoms with Crippen LogP contribution in [-0.2, 0) is 24.4 Å². The Labute approximate surface area is 214 Å². The first-order valence-electron chi connectivity index (χ1n) is 11.5. The van der Waals surface area contributed by atoms with Crippen LogP contribution >= 0.6 is 11.6 Å². The Balaban J connectivity index is 1.68. The minimum absolute atomic E-state index is 0.0914. The van der Waals surface area contributed by atoms with Gasteiger partial charge in [0.25, 0.3) is 0 Å². The van der Waals surface area contributed by atoms with Crippen LogP contribution in [0.15, 0.2) is 77.6 Å². The molecule has 0 aliphatic heterocycles. The number of aryl methyl sites for hydroxylation is 2. The van der Waals surface area contributed by atoms with E-state index in [4.69, 9.17) is 11.6 Å². The van der Waals surface area contributed by atoms with E-state index < -0.39 is 11.6 Å². The molecular formula is C28H26ClN5O2. The monoisotopic (exact) mass is 499 g/mol. The zero-order valence-electron chi connectivity index (χ0n) is 20.1. The van der Waals surface area contributed by atoms with E-state index in [0.717, 1.165) is 22.3 Å². The summed E-state index contributed by atoms with van der Waals surface area (Å²) in [6, 6.07) is 25.0. The summed E-state index contributed by atoms with van der Waals surface area (Å²) < 4.78 is 2.69. The molecule has 0 saturated carbocycles. The van der Waals surface area contributed by atoms with E-state index in [2.05, 4.69) is 16.7 Å². The molecule has 0 bridgehead atoms. The molecule has 0 aliphatic rings. The molecule has 8 heteroatoms. The lowest BCUT2D eigenvalue weighted by Gasteiger charge is -2.12. The first-order valence-corrected chi connectivity index (χ1v) is 11.9. The van der Waals surface area contributed by atoms with Crippen molar-refractivity contribution >= 4 is 29.0 Å². The number of hydrogen-bond donors (Lipinski definition) is 2. The molecule has 4 aromatic rings. The Morgan fingerprint density at radius 3 is 2.22 bits per heavy atom. The van der Waals surface area contributed by atoms with Crippen molar-refractivity contribution in [2.75, 3.05) is 10.6 Å². The summed E-state index contributed by atoms with van der Waals surface area (Å²) in [6.07, 6.45) is 0. The van der Waals surface area contributed by atoms with E-state index in [-0.39, 0.29) is 18.8 Å². The summed E-state index contributed by atoms with van der Waals surface area (Å²) in [7, 11) is 0. The quantitative estimate of drug-likeness (QED) is 0.353. The molecular weight excluding hydrogens is 474 g/mol. The average Bonchev–Trinajstić information content (AvgIpc) is 3.11. The number of carbonyl (C=O) groups excluding carboxylic acids is 1.